The molecule has 0 aliphatic carbocycles. The van der Waals surface area contributed by atoms with Crippen molar-refractivity contribution in [1.82, 2.24) is 9.80 Å². The maximum absolute atomic E-state index is 13.8. The van der Waals surface area contributed by atoms with Gasteiger partial charge in [-0.15, -0.1) is 0 Å². The van der Waals surface area contributed by atoms with E-state index >= 15 is 0 Å². The number of aryl methyl sites for hydroxylation is 1. The molecule has 6 nitrogen and oxygen atoms in total. The van der Waals surface area contributed by atoms with E-state index in [1.165, 1.54) is 6.07 Å². The third-order valence-corrected chi connectivity index (χ3v) is 4.95. The Balaban J connectivity index is 1.47. The molecule has 148 valence electrons. The lowest BCUT2D eigenvalue weighted by Gasteiger charge is -2.34. The summed E-state index contributed by atoms with van der Waals surface area (Å²) < 4.78 is 18.9. The largest absolute Gasteiger partial charge is 0.452 e. The molecule has 0 atom stereocenters. The molecule has 0 spiro atoms. The topological polar surface area (TPSA) is 75.9 Å². The number of benzene rings is 2. The molecule has 0 radical (unpaired) electrons. The first kappa shape index (κ1) is 19.8. The third-order valence-electron chi connectivity index (χ3n) is 4.95. The van der Waals surface area contributed by atoms with Crippen molar-refractivity contribution in [2.75, 3.05) is 38.5 Å². The van der Waals surface area contributed by atoms with Crippen molar-refractivity contribution in [2.45, 2.75) is 13.5 Å². The van der Waals surface area contributed by atoms with Gasteiger partial charge in [0.25, 0.3) is 5.91 Å². The molecule has 1 aliphatic rings. The molecule has 0 aromatic heterocycles. The smallest absolute Gasteiger partial charge is 0.340 e. The molecule has 1 aliphatic heterocycles. The SMILES string of the molecule is Cc1cccc(C(=O)OCC(=O)N2CCN(Cc3ccccc3F)CC2)c1N. The predicted molar refractivity (Wildman–Crippen MR) is 104 cm³/mol. The molecule has 1 heterocycles. The quantitative estimate of drug-likeness (QED) is 0.631. The summed E-state index contributed by atoms with van der Waals surface area (Å²) >= 11 is 0. The van der Waals surface area contributed by atoms with Gasteiger partial charge in [-0.25, -0.2) is 9.18 Å². The fourth-order valence-corrected chi connectivity index (χ4v) is 3.18. The van der Waals surface area contributed by atoms with Crippen LogP contribution in [0.2, 0.25) is 0 Å². The summed E-state index contributed by atoms with van der Waals surface area (Å²) in [6.45, 7) is 4.29. The van der Waals surface area contributed by atoms with Crippen LogP contribution in [0.25, 0.3) is 0 Å². The van der Waals surface area contributed by atoms with Crippen molar-refractivity contribution in [1.29, 1.82) is 0 Å². The van der Waals surface area contributed by atoms with Crippen molar-refractivity contribution < 1.29 is 18.7 Å². The van der Waals surface area contributed by atoms with E-state index in [2.05, 4.69) is 4.90 Å². The number of esters is 1. The van der Waals surface area contributed by atoms with E-state index in [-0.39, 0.29) is 23.9 Å². The molecular formula is C21H24FN3O3. The zero-order valence-electron chi connectivity index (χ0n) is 15.9. The number of para-hydroxylation sites is 1. The highest BCUT2D eigenvalue weighted by Crippen LogP contribution is 2.17. The lowest BCUT2D eigenvalue weighted by atomic mass is 10.1. The molecule has 0 saturated carbocycles. The molecule has 1 saturated heterocycles. The van der Waals surface area contributed by atoms with Gasteiger partial charge in [-0.2, -0.15) is 0 Å². The van der Waals surface area contributed by atoms with E-state index in [1.54, 1.807) is 42.2 Å². The molecule has 7 heteroatoms. The van der Waals surface area contributed by atoms with Gasteiger partial charge in [-0.1, -0.05) is 30.3 Å². The number of nitrogen functional groups attached to an aromatic ring is 1. The highest BCUT2D eigenvalue weighted by Gasteiger charge is 2.23. The summed E-state index contributed by atoms with van der Waals surface area (Å²) in [5, 5.41) is 0. The number of hydrogen-bond donors (Lipinski definition) is 1. The summed E-state index contributed by atoms with van der Waals surface area (Å²) in [7, 11) is 0. The number of anilines is 1. The lowest BCUT2D eigenvalue weighted by molar-refractivity contribution is -0.136. The second-order valence-corrected chi connectivity index (χ2v) is 6.86. The highest BCUT2D eigenvalue weighted by molar-refractivity contribution is 5.96. The van der Waals surface area contributed by atoms with Crippen molar-refractivity contribution in [3.8, 4) is 0 Å². The van der Waals surface area contributed by atoms with Crippen LogP contribution < -0.4 is 5.73 Å². The van der Waals surface area contributed by atoms with Gasteiger partial charge in [-0.3, -0.25) is 9.69 Å². The number of rotatable bonds is 5. The fraction of sp³-hybridized carbons (Fsp3) is 0.333. The van der Waals surface area contributed by atoms with Crippen LogP contribution >= 0.6 is 0 Å². The number of carbonyl (C=O) groups is 2. The number of hydrogen-bond acceptors (Lipinski definition) is 5. The Bertz CT molecular complexity index is 864. The standard InChI is InChI=1S/C21H24FN3O3/c1-15-5-4-7-17(20(15)23)21(27)28-14-19(26)25-11-9-24(10-12-25)13-16-6-2-3-8-18(16)22/h2-8H,9-14,23H2,1H3. The van der Waals surface area contributed by atoms with Gasteiger partial charge in [0.2, 0.25) is 0 Å². The van der Waals surface area contributed by atoms with Crippen LogP contribution in [0.15, 0.2) is 42.5 Å². The van der Waals surface area contributed by atoms with Crippen LogP contribution in [0.5, 0.6) is 0 Å². The summed E-state index contributed by atoms with van der Waals surface area (Å²) in [4.78, 5) is 28.3. The minimum absolute atomic E-state index is 0.219. The monoisotopic (exact) mass is 385 g/mol. The second kappa shape index (κ2) is 8.84. The zero-order valence-corrected chi connectivity index (χ0v) is 15.9. The van der Waals surface area contributed by atoms with Crippen molar-refractivity contribution in [2.24, 2.45) is 0 Å². The van der Waals surface area contributed by atoms with Gasteiger partial charge in [0.15, 0.2) is 6.61 Å². The normalized spacial score (nSPS) is 14.7. The molecule has 28 heavy (non-hydrogen) atoms. The number of piperazine rings is 1. The van der Waals surface area contributed by atoms with E-state index < -0.39 is 5.97 Å². The predicted octanol–water partition coefficient (Wildman–Crippen LogP) is 2.22. The molecule has 1 fully saturated rings. The molecule has 0 bridgehead atoms. The number of carbonyl (C=O) groups excluding carboxylic acids is 2. The van der Waals surface area contributed by atoms with Gasteiger partial charge >= 0.3 is 5.97 Å². The van der Waals surface area contributed by atoms with Crippen LogP contribution in [-0.4, -0.2) is 54.5 Å². The Morgan fingerprint density at radius 3 is 2.50 bits per heavy atom. The van der Waals surface area contributed by atoms with Crippen LogP contribution in [0.3, 0.4) is 0 Å². The summed E-state index contributed by atoms with van der Waals surface area (Å²) in [6.07, 6.45) is 0. The summed E-state index contributed by atoms with van der Waals surface area (Å²) in [5.41, 5.74) is 7.95. The zero-order chi connectivity index (χ0) is 20.1. The Morgan fingerprint density at radius 2 is 1.79 bits per heavy atom. The highest BCUT2D eigenvalue weighted by atomic mass is 19.1. The van der Waals surface area contributed by atoms with Crippen molar-refractivity contribution >= 4 is 17.6 Å². The molecule has 1 amide bonds. The van der Waals surface area contributed by atoms with Crippen LogP contribution in [0.1, 0.15) is 21.5 Å². The fourth-order valence-electron chi connectivity index (χ4n) is 3.18. The minimum Gasteiger partial charge on any atom is -0.452 e. The first-order valence-electron chi connectivity index (χ1n) is 9.21. The van der Waals surface area contributed by atoms with Gasteiger partial charge in [0, 0.05) is 44.0 Å². The third kappa shape index (κ3) is 4.67. The molecule has 2 aromatic carbocycles. The second-order valence-electron chi connectivity index (χ2n) is 6.86. The Labute approximate surface area is 163 Å². The Morgan fingerprint density at radius 1 is 1.07 bits per heavy atom. The molecular weight excluding hydrogens is 361 g/mol. The van der Waals surface area contributed by atoms with Crippen LogP contribution in [0.4, 0.5) is 10.1 Å². The van der Waals surface area contributed by atoms with Gasteiger partial charge in [0.1, 0.15) is 5.82 Å². The maximum Gasteiger partial charge on any atom is 0.340 e. The number of nitrogens with two attached hydrogens (primary N) is 1. The number of ether oxygens (including phenoxy) is 1. The molecule has 0 unspecified atom stereocenters. The first-order chi connectivity index (χ1) is 13.5. The Hall–Kier alpha value is -2.93. The van der Waals surface area contributed by atoms with E-state index in [4.69, 9.17) is 10.5 Å². The van der Waals surface area contributed by atoms with Crippen molar-refractivity contribution in [3.63, 3.8) is 0 Å². The molecule has 3 rings (SSSR count). The summed E-state index contributed by atoms with van der Waals surface area (Å²) in [5.74, 6) is -1.07. The van der Waals surface area contributed by atoms with E-state index in [9.17, 15) is 14.0 Å². The van der Waals surface area contributed by atoms with Crippen LogP contribution in [-0.2, 0) is 16.1 Å². The average Bonchev–Trinajstić information content (AvgIpc) is 2.70. The van der Waals surface area contributed by atoms with Gasteiger partial charge in [-0.05, 0) is 24.6 Å². The molecule has 2 aromatic rings. The average molecular weight is 385 g/mol. The number of halogens is 1. The maximum atomic E-state index is 13.8. The Kier molecular flexibility index (Phi) is 6.26. The van der Waals surface area contributed by atoms with E-state index in [1.807, 2.05) is 6.07 Å². The van der Waals surface area contributed by atoms with Crippen molar-refractivity contribution in [3.05, 3.63) is 65.0 Å². The van der Waals surface area contributed by atoms with E-state index in [0.717, 1.165) is 5.56 Å². The minimum atomic E-state index is -0.604. The van der Waals surface area contributed by atoms with E-state index in [0.29, 0.717) is 44.0 Å². The number of amides is 1. The van der Waals surface area contributed by atoms with Gasteiger partial charge in [0.05, 0.1) is 5.56 Å². The molecule has 2 N–H and O–H groups in total. The number of nitrogens with zero attached hydrogens (tertiary/aromatic N) is 2. The summed E-state index contributed by atoms with van der Waals surface area (Å²) in [6, 6.07) is 11.8. The van der Waals surface area contributed by atoms with Gasteiger partial charge < -0.3 is 15.4 Å². The lowest BCUT2D eigenvalue weighted by Crippen LogP contribution is -2.49. The first-order valence-corrected chi connectivity index (χ1v) is 9.21. The van der Waals surface area contributed by atoms with Crippen LogP contribution in [0, 0.1) is 12.7 Å².